The molecular weight excluding hydrogens is 394 g/mol. The highest BCUT2D eigenvalue weighted by molar-refractivity contribution is 5.89. The lowest BCUT2D eigenvalue weighted by Gasteiger charge is -2.13. The summed E-state index contributed by atoms with van der Waals surface area (Å²) < 4.78 is 84.2. The molecule has 0 radical (unpaired) electrons. The van der Waals surface area contributed by atoms with E-state index in [1.165, 1.54) is 24.3 Å². The van der Waals surface area contributed by atoms with Gasteiger partial charge in [0, 0.05) is 10.9 Å². The second-order valence-corrected chi connectivity index (χ2v) is 6.48. The minimum Gasteiger partial charge on any atom is -0.478 e. The van der Waals surface area contributed by atoms with Crippen molar-refractivity contribution in [3.05, 3.63) is 78.1 Å². The van der Waals surface area contributed by atoms with E-state index in [0.29, 0.717) is 18.4 Å². The smallest absolute Gasteiger partial charge is 0.422 e. The van der Waals surface area contributed by atoms with Crippen molar-refractivity contribution in [1.82, 2.24) is 0 Å². The average molecular weight is 410 g/mol. The summed E-state index contributed by atoms with van der Waals surface area (Å²) in [4.78, 5) is 0. The monoisotopic (exact) mass is 410 g/mol. The van der Waals surface area contributed by atoms with Gasteiger partial charge in [0.25, 0.3) is 0 Å². The van der Waals surface area contributed by atoms with Gasteiger partial charge in [0.1, 0.15) is 5.82 Å². The highest BCUT2D eigenvalue weighted by Crippen LogP contribution is 2.34. The van der Waals surface area contributed by atoms with Crippen LogP contribution >= 0.6 is 0 Å². The number of alkyl halides is 3. The molecule has 0 N–H and O–H groups in total. The second kappa shape index (κ2) is 8.19. The molecule has 3 rings (SSSR count). The first-order valence-electron chi connectivity index (χ1n) is 8.70. The molecule has 0 heterocycles. The van der Waals surface area contributed by atoms with Crippen molar-refractivity contribution in [1.29, 1.82) is 0 Å². The van der Waals surface area contributed by atoms with Crippen molar-refractivity contribution in [2.75, 3.05) is 6.61 Å². The summed E-state index contributed by atoms with van der Waals surface area (Å²) in [6.07, 6.45) is -1.67. The van der Waals surface area contributed by atoms with Crippen LogP contribution in [0.4, 0.5) is 26.3 Å². The molecule has 0 aliphatic carbocycles. The van der Waals surface area contributed by atoms with Gasteiger partial charge < -0.3 is 4.74 Å². The number of benzene rings is 3. The maximum absolute atomic E-state index is 14.5. The second-order valence-electron chi connectivity index (χ2n) is 6.48. The number of aryl methyl sites for hydroxylation is 1. The highest BCUT2D eigenvalue weighted by atomic mass is 19.4. The van der Waals surface area contributed by atoms with Crippen LogP contribution < -0.4 is 4.74 Å². The number of ether oxygens (including phenoxy) is 1. The predicted molar refractivity (Wildman–Crippen MR) is 99.3 cm³/mol. The number of halogens is 6. The summed E-state index contributed by atoms with van der Waals surface area (Å²) in [7, 11) is 0. The lowest BCUT2D eigenvalue weighted by atomic mass is 9.98. The fourth-order valence-electron chi connectivity index (χ4n) is 2.98. The molecule has 7 heteroatoms. The lowest BCUT2D eigenvalue weighted by Crippen LogP contribution is -2.20. The Kier molecular flexibility index (Phi) is 5.86. The van der Waals surface area contributed by atoms with Crippen molar-refractivity contribution in [2.45, 2.75) is 19.0 Å². The van der Waals surface area contributed by atoms with Gasteiger partial charge in [-0.3, -0.25) is 0 Å². The molecule has 0 bridgehead atoms. The van der Waals surface area contributed by atoms with Crippen molar-refractivity contribution in [2.24, 2.45) is 0 Å². The van der Waals surface area contributed by atoms with Gasteiger partial charge >= 0.3 is 6.18 Å². The third kappa shape index (κ3) is 4.72. The van der Waals surface area contributed by atoms with E-state index in [9.17, 15) is 26.3 Å². The normalized spacial score (nSPS) is 11.7. The molecule has 0 saturated carbocycles. The molecule has 0 aliphatic rings. The topological polar surface area (TPSA) is 9.23 Å². The number of allylic oxidation sites excluding steroid dienone is 1. The highest BCUT2D eigenvalue weighted by Gasteiger charge is 2.30. The van der Waals surface area contributed by atoms with Crippen molar-refractivity contribution < 1.29 is 31.1 Å². The Morgan fingerprint density at radius 3 is 2.34 bits per heavy atom. The first-order chi connectivity index (χ1) is 13.7. The minimum absolute atomic E-state index is 0.0759. The van der Waals surface area contributed by atoms with Gasteiger partial charge in [0.15, 0.2) is 24.0 Å². The van der Waals surface area contributed by atoms with Crippen LogP contribution in [0.2, 0.25) is 0 Å². The van der Waals surface area contributed by atoms with Gasteiger partial charge in [0.05, 0.1) is 0 Å². The van der Waals surface area contributed by atoms with Crippen LogP contribution in [0.3, 0.4) is 0 Å². The number of fused-ring (bicyclic) bond motifs is 1. The lowest BCUT2D eigenvalue weighted by molar-refractivity contribution is -0.154. The fraction of sp³-hybridized carbons (Fsp3) is 0.182. The Morgan fingerprint density at radius 1 is 0.931 bits per heavy atom. The van der Waals surface area contributed by atoms with Crippen LogP contribution in [-0.4, -0.2) is 12.8 Å². The average Bonchev–Trinajstić information content (AvgIpc) is 2.65. The SMILES string of the molecule is C=CCCc1ccc(-c2ccc3c(F)c(OCC(F)(F)F)c(F)cc3c2)c(F)c1. The van der Waals surface area contributed by atoms with Gasteiger partial charge in [-0.25, -0.2) is 13.2 Å². The molecule has 0 aliphatic heterocycles. The Bertz CT molecular complexity index is 1060. The van der Waals surface area contributed by atoms with Gasteiger partial charge in [-0.05, 0) is 47.6 Å². The summed E-state index contributed by atoms with van der Waals surface area (Å²) in [5, 5.41) is -0.0534. The molecule has 0 atom stereocenters. The van der Waals surface area contributed by atoms with Crippen LogP contribution in [0.15, 0.2) is 55.1 Å². The van der Waals surface area contributed by atoms with Crippen LogP contribution in [0, 0.1) is 17.5 Å². The third-order valence-corrected chi connectivity index (χ3v) is 4.35. The molecule has 0 aromatic heterocycles. The van der Waals surface area contributed by atoms with E-state index in [0.717, 1.165) is 11.6 Å². The Hall–Kier alpha value is -2.96. The van der Waals surface area contributed by atoms with E-state index in [4.69, 9.17) is 0 Å². The van der Waals surface area contributed by atoms with Gasteiger partial charge in [0.2, 0.25) is 0 Å². The van der Waals surface area contributed by atoms with E-state index in [-0.39, 0.29) is 16.3 Å². The van der Waals surface area contributed by atoms with E-state index in [1.807, 2.05) is 0 Å². The molecule has 0 amide bonds. The van der Waals surface area contributed by atoms with E-state index < -0.39 is 36.0 Å². The Morgan fingerprint density at radius 2 is 1.69 bits per heavy atom. The molecular formula is C22H16F6O. The Labute approximate surface area is 163 Å². The zero-order valence-corrected chi connectivity index (χ0v) is 15.1. The summed E-state index contributed by atoms with van der Waals surface area (Å²) in [5.41, 5.74) is 1.41. The summed E-state index contributed by atoms with van der Waals surface area (Å²) in [6.45, 7) is 1.80. The maximum Gasteiger partial charge on any atom is 0.422 e. The Balaban J connectivity index is 1.98. The molecule has 0 saturated heterocycles. The third-order valence-electron chi connectivity index (χ3n) is 4.35. The summed E-state index contributed by atoms with van der Waals surface area (Å²) in [5.74, 6) is -4.09. The summed E-state index contributed by atoms with van der Waals surface area (Å²) in [6, 6.07) is 9.62. The minimum atomic E-state index is -4.73. The predicted octanol–water partition coefficient (Wildman–Crippen LogP) is 6.98. The quantitative estimate of drug-likeness (QED) is 0.315. The fourth-order valence-corrected chi connectivity index (χ4v) is 2.98. The molecule has 152 valence electrons. The van der Waals surface area contributed by atoms with Crippen molar-refractivity contribution in [3.8, 4) is 16.9 Å². The number of hydrogen-bond donors (Lipinski definition) is 0. The standard InChI is InChI=1S/C22H16F6O/c1-2-3-4-13-5-7-16(18(23)9-13)14-6-8-17-15(10-14)11-19(24)21(20(17)25)29-12-22(26,27)28/h2,5-11H,1,3-4,12H2. The van der Waals surface area contributed by atoms with Crippen LogP contribution in [-0.2, 0) is 6.42 Å². The van der Waals surface area contributed by atoms with Crippen LogP contribution in [0.1, 0.15) is 12.0 Å². The summed E-state index contributed by atoms with van der Waals surface area (Å²) >= 11 is 0. The van der Waals surface area contributed by atoms with Gasteiger partial charge in [-0.2, -0.15) is 13.2 Å². The van der Waals surface area contributed by atoms with Crippen LogP contribution in [0.25, 0.3) is 21.9 Å². The van der Waals surface area contributed by atoms with E-state index >= 15 is 0 Å². The molecule has 29 heavy (non-hydrogen) atoms. The van der Waals surface area contributed by atoms with Crippen molar-refractivity contribution in [3.63, 3.8) is 0 Å². The van der Waals surface area contributed by atoms with Gasteiger partial charge in [-0.1, -0.05) is 30.3 Å². The zero-order valence-electron chi connectivity index (χ0n) is 15.1. The van der Waals surface area contributed by atoms with Crippen molar-refractivity contribution >= 4 is 10.8 Å². The van der Waals surface area contributed by atoms with E-state index in [2.05, 4.69) is 11.3 Å². The molecule has 0 fully saturated rings. The maximum atomic E-state index is 14.5. The molecule has 0 spiro atoms. The van der Waals surface area contributed by atoms with Crippen LogP contribution in [0.5, 0.6) is 5.75 Å². The molecule has 0 unspecified atom stereocenters. The first-order valence-corrected chi connectivity index (χ1v) is 8.70. The first kappa shape index (κ1) is 20.8. The molecule has 3 aromatic carbocycles. The zero-order chi connectivity index (χ0) is 21.2. The van der Waals surface area contributed by atoms with E-state index in [1.54, 1.807) is 18.2 Å². The van der Waals surface area contributed by atoms with Gasteiger partial charge in [-0.15, -0.1) is 6.58 Å². The number of hydrogen-bond acceptors (Lipinski definition) is 1. The largest absolute Gasteiger partial charge is 0.478 e. The number of rotatable bonds is 6. The molecule has 3 aromatic rings. The molecule has 1 nitrogen and oxygen atoms in total.